The van der Waals surface area contributed by atoms with Crippen molar-refractivity contribution in [2.75, 3.05) is 6.54 Å². The number of halogens is 1. The largest absolute Gasteiger partial charge is 0.488 e. The first-order chi connectivity index (χ1) is 9.72. The minimum absolute atomic E-state index is 0.644. The summed E-state index contributed by atoms with van der Waals surface area (Å²) in [5, 5.41) is 3.35. The molecule has 20 heavy (non-hydrogen) atoms. The third-order valence-electron chi connectivity index (χ3n) is 3.02. The number of hydrogen-bond donors (Lipinski definition) is 1. The SMILES string of the molecule is CCNCc1cc(Br)ccc1OCc1ccc(CC)s1. The van der Waals surface area contributed by atoms with Crippen LogP contribution in [0.2, 0.25) is 0 Å². The van der Waals surface area contributed by atoms with Crippen molar-refractivity contribution in [3.05, 3.63) is 50.1 Å². The van der Waals surface area contributed by atoms with E-state index in [1.54, 1.807) is 0 Å². The summed E-state index contributed by atoms with van der Waals surface area (Å²) in [6, 6.07) is 10.5. The van der Waals surface area contributed by atoms with Crippen LogP contribution in [-0.2, 0) is 19.6 Å². The molecule has 0 radical (unpaired) electrons. The molecule has 0 aliphatic rings. The molecule has 0 aliphatic carbocycles. The fourth-order valence-electron chi connectivity index (χ4n) is 1.93. The Bertz CT molecular complexity index is 553. The van der Waals surface area contributed by atoms with Gasteiger partial charge in [-0.25, -0.2) is 0 Å². The molecule has 0 spiro atoms. The highest BCUT2D eigenvalue weighted by molar-refractivity contribution is 9.10. The van der Waals surface area contributed by atoms with E-state index in [0.29, 0.717) is 6.61 Å². The van der Waals surface area contributed by atoms with Gasteiger partial charge in [0.2, 0.25) is 0 Å². The first-order valence-electron chi connectivity index (χ1n) is 6.92. The van der Waals surface area contributed by atoms with Gasteiger partial charge in [0.05, 0.1) is 0 Å². The maximum Gasteiger partial charge on any atom is 0.124 e. The highest BCUT2D eigenvalue weighted by Crippen LogP contribution is 2.25. The Labute approximate surface area is 133 Å². The molecule has 0 saturated heterocycles. The average Bonchev–Trinajstić information content (AvgIpc) is 2.92. The number of benzene rings is 1. The normalized spacial score (nSPS) is 10.8. The molecule has 4 heteroatoms. The minimum Gasteiger partial charge on any atom is -0.488 e. The molecule has 0 aliphatic heterocycles. The monoisotopic (exact) mass is 353 g/mol. The van der Waals surface area contributed by atoms with Crippen LogP contribution in [-0.4, -0.2) is 6.54 Å². The van der Waals surface area contributed by atoms with E-state index in [-0.39, 0.29) is 0 Å². The average molecular weight is 354 g/mol. The zero-order chi connectivity index (χ0) is 14.4. The summed E-state index contributed by atoms with van der Waals surface area (Å²) < 4.78 is 7.07. The molecule has 1 aromatic heterocycles. The van der Waals surface area contributed by atoms with Gasteiger partial charge in [-0.1, -0.05) is 29.8 Å². The topological polar surface area (TPSA) is 21.3 Å². The molecule has 108 valence electrons. The van der Waals surface area contributed by atoms with Gasteiger partial charge >= 0.3 is 0 Å². The van der Waals surface area contributed by atoms with E-state index in [9.17, 15) is 0 Å². The second kappa shape index (κ2) is 7.81. The predicted octanol–water partition coefficient (Wildman–Crippen LogP) is 4.76. The number of hydrogen-bond acceptors (Lipinski definition) is 3. The quantitative estimate of drug-likeness (QED) is 0.774. The molecule has 0 amide bonds. The molecule has 0 fully saturated rings. The number of nitrogens with one attached hydrogen (secondary N) is 1. The number of ether oxygens (including phenoxy) is 1. The predicted molar refractivity (Wildman–Crippen MR) is 89.6 cm³/mol. The van der Waals surface area contributed by atoms with Crippen molar-refractivity contribution < 1.29 is 4.74 Å². The van der Waals surface area contributed by atoms with Crippen molar-refractivity contribution in [1.29, 1.82) is 0 Å². The first-order valence-corrected chi connectivity index (χ1v) is 8.53. The van der Waals surface area contributed by atoms with Gasteiger partial charge < -0.3 is 10.1 Å². The maximum atomic E-state index is 5.98. The van der Waals surface area contributed by atoms with Crippen LogP contribution in [0, 0.1) is 0 Å². The van der Waals surface area contributed by atoms with Crippen molar-refractivity contribution in [2.24, 2.45) is 0 Å². The lowest BCUT2D eigenvalue weighted by atomic mass is 10.2. The Morgan fingerprint density at radius 1 is 1.15 bits per heavy atom. The first kappa shape index (κ1) is 15.5. The van der Waals surface area contributed by atoms with Crippen LogP contribution in [0.5, 0.6) is 5.75 Å². The summed E-state index contributed by atoms with van der Waals surface area (Å²) in [6.45, 7) is 6.72. The number of aryl methyl sites for hydroxylation is 1. The van der Waals surface area contributed by atoms with E-state index in [0.717, 1.165) is 29.7 Å². The van der Waals surface area contributed by atoms with Crippen LogP contribution in [0.1, 0.15) is 29.2 Å². The molecule has 2 aromatic rings. The highest BCUT2D eigenvalue weighted by atomic mass is 79.9. The van der Waals surface area contributed by atoms with Gasteiger partial charge in [-0.05, 0) is 43.3 Å². The van der Waals surface area contributed by atoms with Gasteiger partial charge in [-0.15, -0.1) is 11.3 Å². The summed E-state index contributed by atoms with van der Waals surface area (Å²) in [5.41, 5.74) is 1.19. The molecule has 2 nitrogen and oxygen atoms in total. The van der Waals surface area contributed by atoms with E-state index in [4.69, 9.17) is 4.74 Å². The lowest BCUT2D eigenvalue weighted by Crippen LogP contribution is -2.12. The smallest absolute Gasteiger partial charge is 0.124 e. The Morgan fingerprint density at radius 3 is 2.65 bits per heavy atom. The summed E-state index contributed by atoms with van der Waals surface area (Å²) in [5.74, 6) is 0.959. The van der Waals surface area contributed by atoms with E-state index >= 15 is 0 Å². The van der Waals surface area contributed by atoms with Gasteiger partial charge in [0.15, 0.2) is 0 Å². The lowest BCUT2D eigenvalue weighted by molar-refractivity contribution is 0.305. The van der Waals surface area contributed by atoms with Crippen LogP contribution < -0.4 is 10.1 Å². The van der Waals surface area contributed by atoms with Crippen molar-refractivity contribution >= 4 is 27.3 Å². The summed E-state index contributed by atoms with van der Waals surface area (Å²) in [6.07, 6.45) is 1.09. The van der Waals surface area contributed by atoms with E-state index in [1.807, 2.05) is 23.5 Å². The zero-order valence-corrected chi connectivity index (χ0v) is 14.3. The Morgan fingerprint density at radius 2 is 1.95 bits per heavy atom. The summed E-state index contributed by atoms with van der Waals surface area (Å²) in [4.78, 5) is 2.69. The second-order valence-electron chi connectivity index (χ2n) is 4.54. The van der Waals surface area contributed by atoms with Crippen LogP contribution in [0.4, 0.5) is 0 Å². The van der Waals surface area contributed by atoms with Gasteiger partial charge in [-0.2, -0.15) is 0 Å². The minimum atomic E-state index is 0.644. The van der Waals surface area contributed by atoms with Crippen LogP contribution in [0.25, 0.3) is 0 Å². The molecule has 1 aromatic carbocycles. The van der Waals surface area contributed by atoms with Crippen LogP contribution >= 0.6 is 27.3 Å². The summed E-state index contributed by atoms with van der Waals surface area (Å²) >= 11 is 5.34. The van der Waals surface area contributed by atoms with E-state index in [2.05, 4.69) is 53.3 Å². The van der Waals surface area contributed by atoms with Gasteiger partial charge in [-0.3, -0.25) is 0 Å². The third-order valence-corrected chi connectivity index (χ3v) is 4.72. The fraction of sp³-hybridized carbons (Fsp3) is 0.375. The zero-order valence-electron chi connectivity index (χ0n) is 11.9. The molecule has 0 atom stereocenters. The molecule has 2 rings (SSSR count). The standard InChI is InChI=1S/C16H20BrNOS/c1-3-14-6-7-15(20-14)11-19-16-8-5-13(17)9-12(16)10-18-4-2/h5-9,18H,3-4,10-11H2,1-2H3. The number of thiophene rings is 1. The lowest BCUT2D eigenvalue weighted by Gasteiger charge is -2.11. The summed E-state index contributed by atoms with van der Waals surface area (Å²) in [7, 11) is 0. The fourth-order valence-corrected chi connectivity index (χ4v) is 3.21. The van der Waals surface area contributed by atoms with Crippen LogP contribution in [0.3, 0.4) is 0 Å². The molecular formula is C16H20BrNOS. The molecule has 0 unspecified atom stereocenters. The van der Waals surface area contributed by atoms with Gasteiger partial charge in [0.1, 0.15) is 12.4 Å². The van der Waals surface area contributed by atoms with Crippen molar-refractivity contribution in [3.8, 4) is 5.75 Å². The molecular weight excluding hydrogens is 334 g/mol. The Kier molecular flexibility index (Phi) is 6.07. The van der Waals surface area contributed by atoms with Crippen LogP contribution in [0.15, 0.2) is 34.8 Å². The Balaban J connectivity index is 2.04. The maximum absolute atomic E-state index is 5.98. The second-order valence-corrected chi connectivity index (χ2v) is 6.71. The van der Waals surface area contributed by atoms with Crippen molar-refractivity contribution in [1.82, 2.24) is 5.32 Å². The molecule has 0 bridgehead atoms. The van der Waals surface area contributed by atoms with Gasteiger partial charge in [0, 0.05) is 26.3 Å². The van der Waals surface area contributed by atoms with Crippen molar-refractivity contribution in [2.45, 2.75) is 33.4 Å². The molecule has 1 heterocycles. The molecule has 1 N–H and O–H groups in total. The Hall–Kier alpha value is -0.840. The third kappa shape index (κ3) is 4.33. The highest BCUT2D eigenvalue weighted by Gasteiger charge is 2.06. The van der Waals surface area contributed by atoms with E-state index < -0.39 is 0 Å². The van der Waals surface area contributed by atoms with Crippen molar-refractivity contribution in [3.63, 3.8) is 0 Å². The van der Waals surface area contributed by atoms with E-state index in [1.165, 1.54) is 15.3 Å². The molecule has 0 saturated carbocycles. The van der Waals surface area contributed by atoms with Gasteiger partial charge in [0.25, 0.3) is 0 Å². The number of rotatable bonds is 7.